The lowest BCUT2D eigenvalue weighted by Crippen LogP contribution is -2.46. The number of carbonyl (C=O) groups excluding carboxylic acids is 1. The smallest absolute Gasteiger partial charge is 0.266 e. The summed E-state index contributed by atoms with van der Waals surface area (Å²) in [5, 5.41) is 4.54. The minimum absolute atomic E-state index is 0.0351. The number of aromatic nitrogens is 3. The largest absolute Gasteiger partial charge is 0.334 e. The Bertz CT molecular complexity index is 811. The first-order valence-corrected chi connectivity index (χ1v) is 8.54. The van der Waals surface area contributed by atoms with Crippen LogP contribution in [-0.4, -0.2) is 38.2 Å². The molecule has 1 atom stereocenters. The maximum atomic E-state index is 12.9. The van der Waals surface area contributed by atoms with Gasteiger partial charge in [-0.15, -0.1) is 0 Å². The van der Waals surface area contributed by atoms with Gasteiger partial charge in [-0.1, -0.05) is 11.6 Å². The van der Waals surface area contributed by atoms with Crippen LogP contribution in [0.4, 0.5) is 0 Å². The highest BCUT2D eigenvalue weighted by atomic mass is 35.5. The molecule has 1 saturated heterocycles. The van der Waals surface area contributed by atoms with Gasteiger partial charge in [0.1, 0.15) is 5.02 Å². The minimum atomic E-state index is -0.383. The van der Waals surface area contributed by atoms with Crippen LogP contribution in [0.5, 0.6) is 0 Å². The number of amides is 1. The predicted molar refractivity (Wildman–Crippen MR) is 92.4 cm³/mol. The Morgan fingerprint density at radius 3 is 2.83 bits per heavy atom. The molecule has 0 spiro atoms. The van der Waals surface area contributed by atoms with E-state index >= 15 is 0 Å². The van der Waals surface area contributed by atoms with Crippen LogP contribution in [0.15, 0.2) is 23.1 Å². The van der Waals surface area contributed by atoms with Crippen LogP contribution in [0.3, 0.4) is 0 Å². The van der Waals surface area contributed by atoms with Crippen LogP contribution in [0.2, 0.25) is 5.02 Å². The summed E-state index contributed by atoms with van der Waals surface area (Å²) in [5.74, 6) is -0.0978. The fourth-order valence-electron chi connectivity index (χ4n) is 3.26. The highest BCUT2D eigenvalue weighted by Gasteiger charge is 2.28. The number of H-pyrrole nitrogens is 1. The van der Waals surface area contributed by atoms with Crippen molar-refractivity contribution >= 4 is 17.5 Å². The molecular formula is C17H21ClN4O2. The molecule has 1 aliphatic rings. The van der Waals surface area contributed by atoms with Crippen molar-refractivity contribution in [2.45, 2.75) is 45.7 Å². The molecule has 0 saturated carbocycles. The van der Waals surface area contributed by atoms with Crippen LogP contribution in [0.25, 0.3) is 0 Å². The van der Waals surface area contributed by atoms with E-state index in [1.165, 1.54) is 12.3 Å². The summed E-state index contributed by atoms with van der Waals surface area (Å²) < 4.78 is 1.96. The Hall–Kier alpha value is -2.08. The van der Waals surface area contributed by atoms with Gasteiger partial charge in [0, 0.05) is 18.4 Å². The molecular weight excluding hydrogens is 328 g/mol. The third-order valence-corrected chi connectivity index (χ3v) is 4.76. The number of carbonyl (C=O) groups is 1. The van der Waals surface area contributed by atoms with Crippen LogP contribution >= 0.6 is 11.6 Å². The summed E-state index contributed by atoms with van der Waals surface area (Å²) in [6, 6.07) is 3.57. The second kappa shape index (κ2) is 6.81. The standard InChI is InChI=1S/C17H21ClN4O2/c1-11-7-12(2)22(20-11)10-14-5-3-4-6-21(14)17(24)13-8-15(18)16(23)19-9-13/h7-9,14H,3-6,10H2,1-2H3,(H,19,23)/t14-/m0/s1. The maximum Gasteiger partial charge on any atom is 0.266 e. The summed E-state index contributed by atoms with van der Waals surface area (Å²) in [4.78, 5) is 28.7. The Kier molecular flexibility index (Phi) is 4.76. The first-order chi connectivity index (χ1) is 11.5. The monoisotopic (exact) mass is 348 g/mol. The predicted octanol–water partition coefficient (Wildman–Crippen LogP) is 2.54. The number of aryl methyl sites for hydroxylation is 2. The van der Waals surface area contributed by atoms with Crippen molar-refractivity contribution in [1.82, 2.24) is 19.7 Å². The molecule has 0 aromatic carbocycles. The first-order valence-electron chi connectivity index (χ1n) is 8.16. The number of rotatable bonds is 3. The Morgan fingerprint density at radius 2 is 2.17 bits per heavy atom. The van der Waals surface area contributed by atoms with Crippen molar-refractivity contribution in [3.8, 4) is 0 Å². The van der Waals surface area contributed by atoms with E-state index in [4.69, 9.17) is 11.6 Å². The van der Waals surface area contributed by atoms with Gasteiger partial charge in [0.25, 0.3) is 11.5 Å². The Morgan fingerprint density at radius 1 is 1.38 bits per heavy atom. The van der Waals surface area contributed by atoms with Gasteiger partial charge >= 0.3 is 0 Å². The van der Waals surface area contributed by atoms with Crippen molar-refractivity contribution < 1.29 is 4.79 Å². The zero-order valence-corrected chi connectivity index (χ0v) is 14.6. The summed E-state index contributed by atoms with van der Waals surface area (Å²) in [5.41, 5.74) is 2.11. The molecule has 0 bridgehead atoms. The third-order valence-electron chi connectivity index (χ3n) is 4.48. The lowest BCUT2D eigenvalue weighted by Gasteiger charge is -2.36. The van der Waals surface area contributed by atoms with Gasteiger partial charge in [0.2, 0.25) is 0 Å². The molecule has 3 rings (SSSR count). The summed E-state index contributed by atoms with van der Waals surface area (Å²) in [6.07, 6.45) is 4.46. The zero-order valence-electron chi connectivity index (χ0n) is 13.9. The lowest BCUT2D eigenvalue weighted by atomic mass is 10.0. The second-order valence-electron chi connectivity index (χ2n) is 6.32. The average Bonchev–Trinajstić information content (AvgIpc) is 2.87. The van der Waals surface area contributed by atoms with E-state index in [1.54, 1.807) is 0 Å². The summed E-state index contributed by atoms with van der Waals surface area (Å²) in [6.45, 7) is 5.38. The molecule has 24 heavy (non-hydrogen) atoms. The highest BCUT2D eigenvalue weighted by Crippen LogP contribution is 2.22. The molecule has 1 aliphatic heterocycles. The normalized spacial score (nSPS) is 18.0. The number of aromatic amines is 1. The number of nitrogens with zero attached hydrogens (tertiary/aromatic N) is 3. The van der Waals surface area contributed by atoms with Gasteiger partial charge in [-0.2, -0.15) is 5.10 Å². The summed E-state index contributed by atoms with van der Waals surface area (Å²) >= 11 is 5.86. The number of hydrogen-bond donors (Lipinski definition) is 1. The van der Waals surface area contributed by atoms with Crippen molar-refractivity contribution in [1.29, 1.82) is 0 Å². The molecule has 2 aromatic rings. The lowest BCUT2D eigenvalue weighted by molar-refractivity contribution is 0.0582. The molecule has 1 amide bonds. The summed E-state index contributed by atoms with van der Waals surface area (Å²) in [7, 11) is 0. The fraction of sp³-hybridized carbons (Fsp3) is 0.471. The van der Waals surface area contributed by atoms with E-state index in [1.807, 2.05) is 29.5 Å². The highest BCUT2D eigenvalue weighted by molar-refractivity contribution is 6.30. The number of hydrogen-bond acceptors (Lipinski definition) is 3. The van der Waals surface area contributed by atoms with Gasteiger partial charge in [-0.05, 0) is 45.2 Å². The molecule has 1 fully saturated rings. The zero-order chi connectivity index (χ0) is 17.3. The maximum absolute atomic E-state index is 12.9. The molecule has 0 radical (unpaired) electrons. The Labute approximate surface area is 145 Å². The number of halogens is 1. The molecule has 0 unspecified atom stereocenters. The average molecular weight is 349 g/mol. The van der Waals surface area contributed by atoms with Gasteiger partial charge in [0.15, 0.2) is 0 Å². The fourth-order valence-corrected chi connectivity index (χ4v) is 3.43. The molecule has 7 heteroatoms. The molecule has 0 aliphatic carbocycles. The third kappa shape index (κ3) is 3.38. The van der Waals surface area contributed by atoms with Crippen LogP contribution < -0.4 is 5.56 Å². The van der Waals surface area contributed by atoms with E-state index in [0.29, 0.717) is 18.7 Å². The minimum Gasteiger partial charge on any atom is -0.334 e. The number of likely N-dealkylation sites (tertiary alicyclic amines) is 1. The van der Waals surface area contributed by atoms with Gasteiger partial charge < -0.3 is 9.88 Å². The molecule has 128 valence electrons. The SMILES string of the molecule is Cc1cc(C)n(C[C@@H]2CCCCN2C(=O)c2c[nH]c(=O)c(Cl)c2)n1. The number of piperidine rings is 1. The van der Waals surface area contributed by atoms with Gasteiger partial charge in [-0.3, -0.25) is 14.3 Å². The van der Waals surface area contributed by atoms with Crippen molar-refractivity contribution in [3.63, 3.8) is 0 Å². The van der Waals surface area contributed by atoms with Gasteiger partial charge in [0.05, 0.1) is 23.8 Å². The van der Waals surface area contributed by atoms with E-state index in [0.717, 1.165) is 30.7 Å². The molecule has 2 aromatic heterocycles. The molecule has 6 nitrogen and oxygen atoms in total. The van der Waals surface area contributed by atoms with Crippen molar-refractivity contribution in [2.75, 3.05) is 6.54 Å². The Balaban J connectivity index is 1.83. The van der Waals surface area contributed by atoms with Gasteiger partial charge in [-0.25, -0.2) is 0 Å². The van der Waals surface area contributed by atoms with E-state index in [-0.39, 0.29) is 22.5 Å². The topological polar surface area (TPSA) is 71.0 Å². The van der Waals surface area contributed by atoms with E-state index < -0.39 is 0 Å². The van der Waals surface area contributed by atoms with Crippen LogP contribution in [0, 0.1) is 13.8 Å². The number of nitrogens with one attached hydrogen (secondary N) is 1. The van der Waals surface area contributed by atoms with Crippen LogP contribution in [-0.2, 0) is 6.54 Å². The second-order valence-corrected chi connectivity index (χ2v) is 6.73. The molecule has 1 N–H and O–H groups in total. The van der Waals surface area contributed by atoms with E-state index in [9.17, 15) is 9.59 Å². The van der Waals surface area contributed by atoms with Crippen LogP contribution in [0.1, 0.15) is 41.0 Å². The van der Waals surface area contributed by atoms with E-state index in [2.05, 4.69) is 10.1 Å². The first kappa shape index (κ1) is 16.8. The quantitative estimate of drug-likeness (QED) is 0.926. The number of pyridine rings is 1. The van der Waals surface area contributed by atoms with Crippen molar-refractivity contribution in [3.05, 3.63) is 50.7 Å². The molecule has 3 heterocycles. The van der Waals surface area contributed by atoms with Crippen molar-refractivity contribution in [2.24, 2.45) is 0 Å².